The topological polar surface area (TPSA) is 91.2 Å². The molecule has 0 aromatic heterocycles. The van der Waals surface area contributed by atoms with Gasteiger partial charge in [-0.2, -0.15) is 0 Å². The highest BCUT2D eigenvalue weighted by atomic mass is 16.5. The smallest absolute Gasteiger partial charge is 0.124 e. The summed E-state index contributed by atoms with van der Waals surface area (Å²) >= 11 is 0. The van der Waals surface area contributed by atoms with Crippen LogP contribution in [0.3, 0.4) is 0 Å². The molecule has 6 aromatic carbocycles. The Bertz CT molecular complexity index is 2340. The fourth-order valence-corrected chi connectivity index (χ4v) is 8.01. The molecule has 6 rings (SSSR count). The molecule has 3 N–H and O–H groups in total. The van der Waals surface area contributed by atoms with E-state index in [9.17, 15) is 15.1 Å². The molecule has 6 heteroatoms. The van der Waals surface area contributed by atoms with Gasteiger partial charge in [0, 0.05) is 24.1 Å². The minimum absolute atomic E-state index is 0.0939. The van der Waals surface area contributed by atoms with E-state index in [0.717, 1.165) is 88.8 Å². The van der Waals surface area contributed by atoms with Gasteiger partial charge in [0.25, 0.3) is 0 Å². The lowest BCUT2D eigenvalue weighted by atomic mass is 9.78. The Morgan fingerprint density at radius 1 is 0.556 bits per heavy atom. The molecule has 0 bridgehead atoms. The van der Waals surface area contributed by atoms with Crippen LogP contribution < -0.4 is 5.32 Å². The molecule has 0 saturated heterocycles. The monoisotopic (exact) mass is 720 g/mol. The normalized spacial score (nSPS) is 12.6. The number of nitrogens with zero attached hydrogens (tertiary/aromatic N) is 1. The molecule has 0 spiro atoms. The summed E-state index contributed by atoms with van der Waals surface area (Å²) in [5, 5.41) is 30.2. The summed E-state index contributed by atoms with van der Waals surface area (Å²) in [6, 6.07) is 29.8. The van der Waals surface area contributed by atoms with E-state index in [2.05, 4.69) is 98.0 Å². The highest BCUT2D eigenvalue weighted by molar-refractivity contribution is 5.85. The molecule has 0 radical (unpaired) electrons. The average molecular weight is 721 g/mol. The number of benzene rings is 6. The molecule has 0 aliphatic carbocycles. The minimum atomic E-state index is -0.114. The van der Waals surface area contributed by atoms with Crippen molar-refractivity contribution in [1.29, 1.82) is 0 Å². The second kappa shape index (κ2) is 15.5. The first-order chi connectivity index (χ1) is 25.7. The zero-order chi connectivity index (χ0) is 39.0. The van der Waals surface area contributed by atoms with Crippen LogP contribution in [-0.2, 0) is 4.74 Å². The molecular formula is C48H52N2O4. The van der Waals surface area contributed by atoms with Crippen molar-refractivity contribution in [3.63, 3.8) is 0 Å². The third kappa shape index (κ3) is 7.49. The molecule has 54 heavy (non-hydrogen) atoms. The van der Waals surface area contributed by atoms with Crippen LogP contribution in [-0.4, -0.2) is 23.0 Å². The van der Waals surface area contributed by atoms with Crippen molar-refractivity contribution >= 4 is 22.1 Å². The fraction of sp³-hybridized carbons (Fsp3) is 0.292. The predicted molar refractivity (Wildman–Crippen MR) is 223 cm³/mol. The Balaban J connectivity index is 1.52. The first-order valence-electron chi connectivity index (χ1n) is 18.8. The second-order valence-electron chi connectivity index (χ2n) is 15.1. The summed E-state index contributed by atoms with van der Waals surface area (Å²) in [7, 11) is 0. The van der Waals surface area contributed by atoms with E-state index in [1.807, 2.05) is 66.7 Å². The van der Waals surface area contributed by atoms with E-state index in [0.29, 0.717) is 12.3 Å². The lowest BCUT2D eigenvalue weighted by Crippen LogP contribution is -2.20. The SMILES string of the molecule is CCOC(C)Nc1cc(C)c(C(c2ccc3cc(C(c4cc(C)c(O)cc4C)c4cc(C)c(O)cc4C)ccc3c2)c2cc(C)c(N=O)cc2C)cc1C. The maximum atomic E-state index is 11.7. The quantitative estimate of drug-likeness (QED) is 0.0704. The molecule has 6 nitrogen and oxygen atoms in total. The fourth-order valence-electron chi connectivity index (χ4n) is 8.01. The number of phenols is 2. The molecule has 0 aliphatic heterocycles. The molecule has 0 heterocycles. The Kier molecular flexibility index (Phi) is 11.0. The molecule has 2 atom stereocenters. The van der Waals surface area contributed by atoms with E-state index in [1.54, 1.807) is 0 Å². The van der Waals surface area contributed by atoms with Gasteiger partial charge in [0.1, 0.15) is 23.4 Å². The van der Waals surface area contributed by atoms with Crippen LogP contribution in [0.5, 0.6) is 11.5 Å². The van der Waals surface area contributed by atoms with E-state index in [4.69, 9.17) is 4.74 Å². The van der Waals surface area contributed by atoms with Crippen molar-refractivity contribution in [1.82, 2.24) is 0 Å². The number of aromatic hydroxyl groups is 2. The Hall–Kier alpha value is -5.46. The van der Waals surface area contributed by atoms with Crippen LogP contribution in [0.1, 0.15) is 104 Å². The number of hydrogen-bond donors (Lipinski definition) is 3. The van der Waals surface area contributed by atoms with Gasteiger partial charge in [-0.25, -0.2) is 0 Å². The number of anilines is 1. The average Bonchev–Trinajstić information content (AvgIpc) is 3.12. The predicted octanol–water partition coefficient (Wildman–Crippen LogP) is 12.3. The lowest BCUT2D eigenvalue weighted by Gasteiger charge is -2.26. The molecule has 0 aliphatic rings. The van der Waals surface area contributed by atoms with E-state index in [1.165, 1.54) is 5.56 Å². The molecule has 2 unspecified atom stereocenters. The van der Waals surface area contributed by atoms with Gasteiger partial charge in [-0.05, 0) is 187 Å². The van der Waals surface area contributed by atoms with Crippen molar-refractivity contribution < 1.29 is 14.9 Å². The van der Waals surface area contributed by atoms with Crippen LogP contribution in [0.4, 0.5) is 11.4 Å². The summed E-state index contributed by atoms with van der Waals surface area (Å²) in [6.07, 6.45) is -0.114. The van der Waals surface area contributed by atoms with Crippen molar-refractivity contribution in [2.75, 3.05) is 11.9 Å². The first kappa shape index (κ1) is 38.3. The first-order valence-corrected chi connectivity index (χ1v) is 18.8. The van der Waals surface area contributed by atoms with Gasteiger partial charge in [0.05, 0.1) is 0 Å². The number of nitroso groups, excluding NO2 is 1. The molecular weight excluding hydrogens is 669 g/mol. The number of nitrogens with one attached hydrogen (secondary N) is 1. The van der Waals surface area contributed by atoms with Gasteiger partial charge in [0.2, 0.25) is 0 Å². The Morgan fingerprint density at radius 2 is 0.981 bits per heavy atom. The summed E-state index contributed by atoms with van der Waals surface area (Å²) in [5.41, 5.74) is 16.2. The van der Waals surface area contributed by atoms with Gasteiger partial charge in [-0.15, -0.1) is 4.91 Å². The zero-order valence-corrected chi connectivity index (χ0v) is 33.2. The summed E-state index contributed by atoms with van der Waals surface area (Å²) in [6.45, 7) is 20.9. The van der Waals surface area contributed by atoms with Crippen molar-refractivity contribution in [3.05, 3.63) is 168 Å². The Labute approximate surface area is 319 Å². The molecule has 0 amide bonds. The molecule has 6 aromatic rings. The number of hydrogen-bond acceptors (Lipinski definition) is 6. The standard InChI is InChI=1S/C48H52N2O4/c1-11-54-34(10)49-43-20-26(2)39(16-30(43)6)47(40-17-31(7)44(50-53)21-27(40)3)37-14-12-36-25-38(15-13-35(36)24-37)48(41-18-32(8)45(51)22-28(41)4)42-19-33(9)46(52)23-29(42)5/h12-25,34,47-49,51-52H,11H2,1-10H3. The molecule has 0 saturated carbocycles. The second-order valence-corrected chi connectivity index (χ2v) is 15.1. The Morgan fingerprint density at radius 3 is 1.44 bits per heavy atom. The molecule has 278 valence electrons. The van der Waals surface area contributed by atoms with Crippen molar-refractivity contribution in [2.45, 2.75) is 87.3 Å². The number of rotatable bonds is 11. The van der Waals surface area contributed by atoms with Crippen molar-refractivity contribution in [3.8, 4) is 11.5 Å². The third-order valence-corrected chi connectivity index (χ3v) is 11.0. The summed E-state index contributed by atoms with van der Waals surface area (Å²) < 4.78 is 5.79. The van der Waals surface area contributed by atoms with Crippen molar-refractivity contribution in [2.24, 2.45) is 5.18 Å². The van der Waals surface area contributed by atoms with Gasteiger partial charge < -0.3 is 20.3 Å². The van der Waals surface area contributed by atoms with E-state index in [-0.39, 0.29) is 29.6 Å². The van der Waals surface area contributed by atoms with E-state index < -0.39 is 0 Å². The highest BCUT2D eigenvalue weighted by Crippen LogP contribution is 2.43. The van der Waals surface area contributed by atoms with Gasteiger partial charge >= 0.3 is 0 Å². The lowest BCUT2D eigenvalue weighted by molar-refractivity contribution is 0.0960. The van der Waals surface area contributed by atoms with Crippen LogP contribution in [0.15, 0.2) is 90.1 Å². The van der Waals surface area contributed by atoms with Crippen LogP contribution in [0.25, 0.3) is 10.8 Å². The van der Waals surface area contributed by atoms with Crippen LogP contribution in [0.2, 0.25) is 0 Å². The third-order valence-electron chi connectivity index (χ3n) is 11.0. The maximum Gasteiger partial charge on any atom is 0.124 e. The van der Waals surface area contributed by atoms with Gasteiger partial charge in [0.15, 0.2) is 0 Å². The zero-order valence-electron chi connectivity index (χ0n) is 33.2. The van der Waals surface area contributed by atoms with E-state index >= 15 is 0 Å². The van der Waals surface area contributed by atoms with Crippen LogP contribution >= 0.6 is 0 Å². The maximum absolute atomic E-state index is 11.7. The summed E-state index contributed by atoms with van der Waals surface area (Å²) in [4.78, 5) is 11.7. The number of aryl methyl sites for hydroxylation is 8. The number of phenolic OH excluding ortho intramolecular Hbond substituents is 2. The minimum Gasteiger partial charge on any atom is -0.508 e. The number of ether oxygens (including phenoxy) is 1. The van der Waals surface area contributed by atoms with Crippen LogP contribution in [0, 0.1) is 60.3 Å². The van der Waals surface area contributed by atoms with Gasteiger partial charge in [-0.1, -0.05) is 60.7 Å². The molecule has 0 fully saturated rings. The summed E-state index contributed by atoms with van der Waals surface area (Å²) in [5.74, 6) is 0.365. The largest absolute Gasteiger partial charge is 0.508 e. The van der Waals surface area contributed by atoms with Gasteiger partial charge in [-0.3, -0.25) is 0 Å². The highest BCUT2D eigenvalue weighted by Gasteiger charge is 2.26. The number of fused-ring (bicyclic) bond motifs is 1.